The average molecular weight is 257 g/mol. The van der Waals surface area contributed by atoms with Crippen molar-refractivity contribution in [1.82, 2.24) is 4.90 Å². The molecule has 0 fully saturated rings. The van der Waals surface area contributed by atoms with Crippen molar-refractivity contribution in [2.75, 3.05) is 14.1 Å². The average Bonchev–Trinajstić information content (AvgIpc) is 2.40. The Morgan fingerprint density at radius 2 is 1.11 bits per heavy atom. The molecule has 19 heavy (non-hydrogen) atoms. The van der Waals surface area contributed by atoms with Gasteiger partial charge < -0.3 is 9.47 Å². The van der Waals surface area contributed by atoms with Gasteiger partial charge in [0.2, 0.25) is 0 Å². The molecule has 3 heteroatoms. The fourth-order valence-electron chi connectivity index (χ4n) is 1.62. The van der Waals surface area contributed by atoms with Crippen LogP contribution in [0, 0.1) is 0 Å². The molecule has 0 bridgehead atoms. The number of hydrogen-bond acceptors (Lipinski definition) is 3. The Kier molecular flexibility index (Phi) is 4.07. The van der Waals surface area contributed by atoms with Crippen LogP contribution >= 0.6 is 0 Å². The second kappa shape index (κ2) is 5.76. The van der Waals surface area contributed by atoms with E-state index < -0.39 is 5.91 Å². The smallest absolute Gasteiger partial charge is 0.312 e. The van der Waals surface area contributed by atoms with Gasteiger partial charge in [-0.25, -0.2) is 4.90 Å². The molecule has 0 aliphatic heterocycles. The van der Waals surface area contributed by atoms with Gasteiger partial charge in [-0.1, -0.05) is 36.4 Å². The lowest BCUT2D eigenvalue weighted by atomic mass is 10.3. The molecule has 0 aromatic heterocycles. The van der Waals surface area contributed by atoms with Gasteiger partial charge in [0.05, 0.1) is 0 Å². The lowest BCUT2D eigenvalue weighted by molar-refractivity contribution is -0.192. The van der Waals surface area contributed by atoms with E-state index in [1.54, 1.807) is 0 Å². The van der Waals surface area contributed by atoms with Crippen molar-refractivity contribution in [3.05, 3.63) is 60.7 Å². The quantitative estimate of drug-likeness (QED) is 0.766. The maximum atomic E-state index is 5.97. The van der Waals surface area contributed by atoms with Gasteiger partial charge in [-0.05, 0) is 38.4 Å². The van der Waals surface area contributed by atoms with Crippen molar-refractivity contribution in [3.8, 4) is 11.5 Å². The van der Waals surface area contributed by atoms with Gasteiger partial charge in [-0.3, -0.25) is 0 Å². The largest absolute Gasteiger partial charge is 0.440 e. The third-order valence-electron chi connectivity index (χ3n) is 2.91. The van der Waals surface area contributed by atoms with Gasteiger partial charge in [-0.2, -0.15) is 0 Å². The van der Waals surface area contributed by atoms with E-state index in [0.717, 1.165) is 11.5 Å². The molecular formula is C16H19NO2. The summed E-state index contributed by atoms with van der Waals surface area (Å²) in [6.45, 7) is 1.90. The first-order valence-electron chi connectivity index (χ1n) is 6.26. The zero-order chi connectivity index (χ0) is 13.7. The highest BCUT2D eigenvalue weighted by atomic mass is 16.7. The number of rotatable bonds is 5. The molecule has 0 spiro atoms. The Morgan fingerprint density at radius 3 is 1.42 bits per heavy atom. The van der Waals surface area contributed by atoms with Crippen LogP contribution < -0.4 is 9.47 Å². The molecule has 0 unspecified atom stereocenters. The summed E-state index contributed by atoms with van der Waals surface area (Å²) in [5.74, 6) is 0.687. The molecule has 2 aromatic rings. The van der Waals surface area contributed by atoms with Gasteiger partial charge in [0.1, 0.15) is 11.5 Å². The molecule has 0 atom stereocenters. The van der Waals surface area contributed by atoms with Gasteiger partial charge in [0.25, 0.3) is 0 Å². The zero-order valence-corrected chi connectivity index (χ0v) is 11.5. The summed E-state index contributed by atoms with van der Waals surface area (Å²) in [6, 6.07) is 19.3. The fraction of sp³-hybridized carbons (Fsp3) is 0.250. The van der Waals surface area contributed by atoms with Crippen molar-refractivity contribution in [1.29, 1.82) is 0 Å². The molecular weight excluding hydrogens is 238 g/mol. The van der Waals surface area contributed by atoms with Crippen LogP contribution in [0.15, 0.2) is 60.7 Å². The molecule has 3 nitrogen and oxygen atoms in total. The molecule has 0 saturated carbocycles. The van der Waals surface area contributed by atoms with Crippen molar-refractivity contribution in [3.63, 3.8) is 0 Å². The lowest BCUT2D eigenvalue weighted by Crippen LogP contribution is -2.51. The number of nitrogens with zero attached hydrogens (tertiary/aromatic N) is 1. The van der Waals surface area contributed by atoms with Crippen LogP contribution in [0.5, 0.6) is 11.5 Å². The minimum Gasteiger partial charge on any atom is -0.440 e. The Morgan fingerprint density at radius 1 is 0.737 bits per heavy atom. The van der Waals surface area contributed by atoms with Crippen LogP contribution in [0.3, 0.4) is 0 Å². The molecule has 0 aliphatic carbocycles. The van der Waals surface area contributed by atoms with E-state index in [-0.39, 0.29) is 0 Å². The van der Waals surface area contributed by atoms with Crippen LogP contribution in [0.4, 0.5) is 0 Å². The Balaban J connectivity index is 2.18. The molecule has 0 heterocycles. The molecule has 0 amide bonds. The number of hydrogen-bond donors (Lipinski definition) is 0. The normalized spacial score (nSPS) is 11.4. The van der Waals surface area contributed by atoms with Crippen LogP contribution in [0.2, 0.25) is 0 Å². The minimum absolute atomic E-state index is 0.773. The number of ether oxygens (including phenoxy) is 2. The second-order valence-corrected chi connectivity index (χ2v) is 4.62. The summed E-state index contributed by atoms with van der Waals surface area (Å²) in [6.07, 6.45) is 0. The first-order chi connectivity index (χ1) is 9.10. The maximum Gasteiger partial charge on any atom is 0.312 e. The predicted molar refractivity (Wildman–Crippen MR) is 76.2 cm³/mol. The molecule has 100 valence electrons. The van der Waals surface area contributed by atoms with Gasteiger partial charge in [-0.15, -0.1) is 0 Å². The summed E-state index contributed by atoms with van der Waals surface area (Å²) in [4.78, 5) is 1.90. The lowest BCUT2D eigenvalue weighted by Gasteiger charge is -2.36. The van der Waals surface area contributed by atoms with E-state index in [0.29, 0.717) is 0 Å². The highest BCUT2D eigenvalue weighted by Crippen LogP contribution is 2.24. The van der Waals surface area contributed by atoms with E-state index in [9.17, 15) is 0 Å². The van der Waals surface area contributed by atoms with Gasteiger partial charge >= 0.3 is 5.91 Å². The first kappa shape index (κ1) is 13.4. The van der Waals surface area contributed by atoms with Crippen molar-refractivity contribution in [2.45, 2.75) is 12.8 Å². The summed E-state index contributed by atoms with van der Waals surface area (Å²) >= 11 is 0. The molecule has 0 radical (unpaired) electrons. The number of benzene rings is 2. The third kappa shape index (κ3) is 3.48. The van der Waals surface area contributed by atoms with Crippen LogP contribution in [-0.2, 0) is 0 Å². The predicted octanol–water partition coefficient (Wildman–Crippen LogP) is 3.38. The van der Waals surface area contributed by atoms with E-state index in [1.807, 2.05) is 86.6 Å². The van der Waals surface area contributed by atoms with Gasteiger partial charge in [0, 0.05) is 6.92 Å². The van der Waals surface area contributed by atoms with Crippen LogP contribution in [0.1, 0.15) is 6.92 Å². The summed E-state index contributed by atoms with van der Waals surface area (Å²) in [5, 5.41) is 0. The van der Waals surface area contributed by atoms with E-state index in [4.69, 9.17) is 9.47 Å². The van der Waals surface area contributed by atoms with Crippen molar-refractivity contribution in [2.24, 2.45) is 0 Å². The second-order valence-electron chi connectivity index (χ2n) is 4.62. The zero-order valence-electron chi connectivity index (χ0n) is 11.5. The highest BCUT2D eigenvalue weighted by Gasteiger charge is 2.31. The fourth-order valence-corrected chi connectivity index (χ4v) is 1.62. The molecule has 0 aliphatic rings. The van der Waals surface area contributed by atoms with E-state index in [1.165, 1.54) is 0 Å². The van der Waals surface area contributed by atoms with Crippen molar-refractivity contribution < 1.29 is 9.47 Å². The Hall–Kier alpha value is -2.00. The van der Waals surface area contributed by atoms with Crippen LogP contribution in [0.25, 0.3) is 0 Å². The summed E-state index contributed by atoms with van der Waals surface area (Å²) in [7, 11) is 3.84. The van der Waals surface area contributed by atoms with E-state index >= 15 is 0 Å². The summed E-state index contributed by atoms with van der Waals surface area (Å²) < 4.78 is 11.9. The van der Waals surface area contributed by atoms with Crippen molar-refractivity contribution >= 4 is 0 Å². The highest BCUT2D eigenvalue weighted by molar-refractivity contribution is 5.24. The standard InChI is InChI=1S/C16H19NO2/c1-16(17(2)3,18-14-10-6-4-7-11-14)19-15-12-8-5-9-13-15/h4-13H,1-3H3. The van der Waals surface area contributed by atoms with Crippen LogP contribution in [-0.4, -0.2) is 24.9 Å². The Labute approximate surface area is 114 Å². The Bertz CT molecular complexity index is 455. The summed E-state index contributed by atoms with van der Waals surface area (Å²) in [5.41, 5.74) is 0. The first-order valence-corrected chi connectivity index (χ1v) is 6.26. The topological polar surface area (TPSA) is 21.7 Å². The molecule has 0 saturated heterocycles. The van der Waals surface area contributed by atoms with E-state index in [2.05, 4.69) is 0 Å². The maximum absolute atomic E-state index is 5.97. The number of para-hydroxylation sites is 2. The monoisotopic (exact) mass is 257 g/mol. The van der Waals surface area contributed by atoms with Gasteiger partial charge in [0.15, 0.2) is 0 Å². The SMILES string of the molecule is CN(C)C(C)(Oc1ccccc1)Oc1ccccc1. The molecule has 2 rings (SSSR count). The third-order valence-corrected chi connectivity index (χ3v) is 2.91. The molecule has 0 N–H and O–H groups in total. The molecule has 2 aromatic carbocycles. The minimum atomic E-state index is -0.858.